The molecule has 10 heavy (non-hydrogen) atoms. The molecule has 2 atom stereocenters. The van der Waals surface area contributed by atoms with Crippen molar-refractivity contribution in [2.75, 3.05) is 13.2 Å². The Morgan fingerprint density at radius 3 is 3.10 bits per heavy atom. The van der Waals surface area contributed by atoms with Gasteiger partial charge in [0.15, 0.2) is 6.19 Å². The van der Waals surface area contributed by atoms with E-state index in [-0.39, 0.29) is 0 Å². The van der Waals surface area contributed by atoms with E-state index >= 15 is 0 Å². The predicted molar refractivity (Wildman–Crippen MR) is 37.1 cm³/mol. The zero-order valence-electron chi connectivity index (χ0n) is 6.13. The van der Waals surface area contributed by atoms with Crippen molar-refractivity contribution in [2.24, 2.45) is 5.92 Å². The van der Waals surface area contributed by atoms with Crippen LogP contribution in [0.15, 0.2) is 0 Å². The Hall–Kier alpha value is -0.750. The second-order valence-corrected chi connectivity index (χ2v) is 2.70. The Morgan fingerprint density at radius 1 is 1.70 bits per heavy atom. The molecule has 3 nitrogen and oxygen atoms in total. The Balaban J connectivity index is 2.34. The van der Waals surface area contributed by atoms with Crippen LogP contribution in [-0.2, 0) is 4.74 Å². The van der Waals surface area contributed by atoms with Gasteiger partial charge in [0.25, 0.3) is 0 Å². The average molecular weight is 140 g/mol. The minimum atomic E-state index is 0.332. The molecule has 0 aromatic carbocycles. The van der Waals surface area contributed by atoms with Crippen molar-refractivity contribution in [3.8, 4) is 6.19 Å². The summed E-state index contributed by atoms with van der Waals surface area (Å²) in [4.78, 5) is 0. The van der Waals surface area contributed by atoms with Gasteiger partial charge in [0.1, 0.15) is 0 Å². The lowest BCUT2D eigenvalue weighted by Crippen LogP contribution is -2.38. The molecule has 1 aliphatic rings. The molecule has 1 saturated heterocycles. The van der Waals surface area contributed by atoms with Gasteiger partial charge in [0.05, 0.1) is 6.61 Å². The van der Waals surface area contributed by atoms with E-state index in [0.717, 1.165) is 19.6 Å². The van der Waals surface area contributed by atoms with Crippen molar-refractivity contribution in [1.29, 1.82) is 5.26 Å². The van der Waals surface area contributed by atoms with Gasteiger partial charge >= 0.3 is 0 Å². The third kappa shape index (κ3) is 1.61. The Bertz CT molecular complexity index is 141. The van der Waals surface area contributed by atoms with Gasteiger partial charge in [-0.25, -0.2) is 0 Å². The molecule has 2 unspecified atom stereocenters. The quantitative estimate of drug-likeness (QED) is 0.425. The third-order valence-electron chi connectivity index (χ3n) is 1.89. The van der Waals surface area contributed by atoms with Crippen molar-refractivity contribution in [3.05, 3.63) is 0 Å². The zero-order chi connectivity index (χ0) is 7.40. The summed E-state index contributed by atoms with van der Waals surface area (Å²) in [7, 11) is 0. The first-order valence-electron chi connectivity index (χ1n) is 3.57. The maximum Gasteiger partial charge on any atom is 0.176 e. The highest BCUT2D eigenvalue weighted by atomic mass is 16.5. The summed E-state index contributed by atoms with van der Waals surface area (Å²) < 4.78 is 5.21. The van der Waals surface area contributed by atoms with Crippen molar-refractivity contribution < 1.29 is 4.74 Å². The largest absolute Gasteiger partial charge is 0.381 e. The molecule has 1 N–H and O–H groups in total. The van der Waals surface area contributed by atoms with Crippen molar-refractivity contribution in [3.63, 3.8) is 0 Å². The molecular weight excluding hydrogens is 128 g/mol. The molecule has 0 radical (unpaired) electrons. The minimum Gasteiger partial charge on any atom is -0.381 e. The summed E-state index contributed by atoms with van der Waals surface area (Å²) in [5.41, 5.74) is 0. The summed E-state index contributed by atoms with van der Waals surface area (Å²) in [5, 5.41) is 11.1. The van der Waals surface area contributed by atoms with Crippen LogP contribution in [0.4, 0.5) is 0 Å². The maximum atomic E-state index is 8.33. The number of nitrogens with one attached hydrogen (secondary N) is 1. The van der Waals surface area contributed by atoms with Gasteiger partial charge in [-0.1, -0.05) is 6.92 Å². The van der Waals surface area contributed by atoms with Crippen molar-refractivity contribution in [2.45, 2.75) is 19.4 Å². The van der Waals surface area contributed by atoms with Crippen LogP contribution < -0.4 is 5.32 Å². The summed E-state index contributed by atoms with van der Waals surface area (Å²) >= 11 is 0. The van der Waals surface area contributed by atoms with E-state index in [9.17, 15) is 0 Å². The molecule has 1 rings (SSSR count). The lowest BCUT2D eigenvalue weighted by molar-refractivity contribution is 0.0432. The van der Waals surface area contributed by atoms with Gasteiger partial charge in [-0.15, -0.1) is 0 Å². The molecule has 1 heterocycles. The Labute approximate surface area is 61.0 Å². The lowest BCUT2D eigenvalue weighted by atomic mass is 9.98. The van der Waals surface area contributed by atoms with Crippen molar-refractivity contribution in [1.82, 2.24) is 5.32 Å². The fraction of sp³-hybridized carbons (Fsp3) is 0.857. The van der Waals surface area contributed by atoms with Gasteiger partial charge in [0, 0.05) is 18.6 Å². The molecule has 1 fully saturated rings. The van der Waals surface area contributed by atoms with E-state index in [4.69, 9.17) is 10.00 Å². The Kier molecular flexibility index (Phi) is 2.52. The standard InChI is InChI=1S/C7H12N2O/c1-6-4-10-3-2-7(6)9-5-8/h6-7,9H,2-4H2,1H3. The predicted octanol–water partition coefficient (Wildman–Crippen LogP) is 0.482. The van der Waals surface area contributed by atoms with Crippen LogP contribution in [0.1, 0.15) is 13.3 Å². The fourth-order valence-electron chi connectivity index (χ4n) is 1.18. The van der Waals surface area contributed by atoms with Gasteiger partial charge in [0.2, 0.25) is 0 Å². The summed E-state index contributed by atoms with van der Waals surface area (Å²) in [6.45, 7) is 3.65. The molecule has 56 valence electrons. The first-order chi connectivity index (χ1) is 4.84. The first kappa shape index (κ1) is 7.36. The number of rotatable bonds is 1. The number of hydrogen-bond acceptors (Lipinski definition) is 3. The van der Waals surface area contributed by atoms with E-state index in [1.54, 1.807) is 0 Å². The molecule has 0 aliphatic carbocycles. The van der Waals surface area contributed by atoms with Gasteiger partial charge in [-0.3, -0.25) is 0 Å². The lowest BCUT2D eigenvalue weighted by Gasteiger charge is -2.27. The molecular formula is C7H12N2O. The second kappa shape index (κ2) is 3.43. The van der Waals surface area contributed by atoms with E-state index in [2.05, 4.69) is 12.2 Å². The van der Waals surface area contributed by atoms with Crippen molar-refractivity contribution >= 4 is 0 Å². The van der Waals surface area contributed by atoms with Crippen LogP contribution >= 0.6 is 0 Å². The zero-order valence-corrected chi connectivity index (χ0v) is 6.13. The van der Waals surface area contributed by atoms with E-state index < -0.39 is 0 Å². The number of ether oxygens (including phenoxy) is 1. The molecule has 0 saturated carbocycles. The molecule has 3 heteroatoms. The van der Waals surface area contributed by atoms with Gasteiger partial charge in [-0.2, -0.15) is 5.26 Å². The molecule has 0 spiro atoms. The number of nitrogens with zero attached hydrogens (tertiary/aromatic N) is 1. The topological polar surface area (TPSA) is 45.0 Å². The molecule has 0 bridgehead atoms. The van der Waals surface area contributed by atoms with Crippen LogP contribution in [0.3, 0.4) is 0 Å². The fourth-order valence-corrected chi connectivity index (χ4v) is 1.18. The molecule has 0 aromatic heterocycles. The SMILES string of the molecule is CC1COCCC1NC#N. The normalized spacial score (nSPS) is 32.8. The average Bonchev–Trinajstić information content (AvgIpc) is 1.94. The van der Waals surface area contributed by atoms with E-state index in [1.165, 1.54) is 0 Å². The van der Waals surface area contributed by atoms with Crippen LogP contribution in [0.2, 0.25) is 0 Å². The van der Waals surface area contributed by atoms with Gasteiger partial charge in [-0.05, 0) is 6.42 Å². The number of nitriles is 1. The smallest absolute Gasteiger partial charge is 0.176 e. The van der Waals surface area contributed by atoms with Gasteiger partial charge < -0.3 is 10.1 Å². The first-order valence-corrected chi connectivity index (χ1v) is 3.57. The van der Waals surface area contributed by atoms with Crippen LogP contribution in [0.5, 0.6) is 0 Å². The summed E-state index contributed by atoms with van der Waals surface area (Å²) in [6.07, 6.45) is 2.92. The Morgan fingerprint density at radius 2 is 2.50 bits per heavy atom. The highest BCUT2D eigenvalue weighted by molar-refractivity contribution is 4.82. The monoisotopic (exact) mass is 140 g/mol. The van der Waals surface area contributed by atoms with Crippen LogP contribution in [0, 0.1) is 17.4 Å². The second-order valence-electron chi connectivity index (χ2n) is 2.70. The van der Waals surface area contributed by atoms with Crippen LogP contribution in [-0.4, -0.2) is 19.3 Å². The van der Waals surface area contributed by atoms with Crippen LogP contribution in [0.25, 0.3) is 0 Å². The highest BCUT2D eigenvalue weighted by Gasteiger charge is 2.20. The van der Waals surface area contributed by atoms with E-state index in [0.29, 0.717) is 12.0 Å². The van der Waals surface area contributed by atoms with E-state index in [1.807, 2.05) is 6.19 Å². The summed E-state index contributed by atoms with van der Waals surface area (Å²) in [6, 6.07) is 0.332. The summed E-state index contributed by atoms with van der Waals surface area (Å²) in [5.74, 6) is 0.466. The molecule has 1 aliphatic heterocycles. The minimum absolute atomic E-state index is 0.332. The molecule has 0 aromatic rings. The maximum absolute atomic E-state index is 8.33. The highest BCUT2D eigenvalue weighted by Crippen LogP contribution is 2.12. The third-order valence-corrected chi connectivity index (χ3v) is 1.89. The number of hydrogen-bond donors (Lipinski definition) is 1. The molecule has 0 amide bonds.